The average molecular weight is 286 g/mol. The number of nitrogens with one attached hydrogen (secondary N) is 1. The Kier molecular flexibility index (Phi) is 3.56. The largest absolute Gasteiger partial charge is 0.497 e. The van der Waals surface area contributed by atoms with Crippen LogP contribution in [0.3, 0.4) is 0 Å². The molecule has 2 heterocycles. The molecule has 0 bridgehead atoms. The smallest absolute Gasteiger partial charge is 0.341 e. The first kappa shape index (κ1) is 13.5. The molecule has 5 heteroatoms. The third-order valence-electron chi connectivity index (χ3n) is 3.61. The number of anilines is 1. The number of carbonyl (C=O) groups excluding carboxylic acids is 1. The Morgan fingerprint density at radius 3 is 2.76 bits per heavy atom. The number of ether oxygens (including phenoxy) is 2. The van der Waals surface area contributed by atoms with Crippen LogP contribution in [0.25, 0.3) is 11.3 Å². The molecule has 5 nitrogen and oxygen atoms in total. The normalized spacial score (nSPS) is 12.7. The van der Waals surface area contributed by atoms with Gasteiger partial charge in [0.15, 0.2) is 0 Å². The zero-order chi connectivity index (χ0) is 14.8. The number of nitrogens with zero attached hydrogens (tertiary/aromatic N) is 1. The molecule has 1 N–H and O–H groups in total. The van der Waals surface area contributed by atoms with Crippen molar-refractivity contribution in [2.45, 2.75) is 13.5 Å². The van der Waals surface area contributed by atoms with E-state index in [2.05, 4.69) is 9.88 Å². The molecule has 0 amide bonds. The highest BCUT2D eigenvalue weighted by atomic mass is 16.5. The van der Waals surface area contributed by atoms with E-state index < -0.39 is 0 Å². The Morgan fingerprint density at radius 2 is 2.10 bits per heavy atom. The second kappa shape index (κ2) is 5.52. The summed E-state index contributed by atoms with van der Waals surface area (Å²) < 4.78 is 12.4. The molecule has 0 atom stereocenters. The molecule has 0 aliphatic carbocycles. The first-order valence-corrected chi connectivity index (χ1v) is 7.03. The van der Waals surface area contributed by atoms with E-state index in [-0.39, 0.29) is 5.97 Å². The minimum atomic E-state index is -0.282. The van der Waals surface area contributed by atoms with Crippen LogP contribution < -0.4 is 10.1 Å². The molecule has 1 aliphatic heterocycles. The molecule has 110 valence electrons. The van der Waals surface area contributed by atoms with Crippen LogP contribution in [0.4, 0.5) is 5.82 Å². The van der Waals surface area contributed by atoms with Crippen molar-refractivity contribution in [3.05, 3.63) is 35.9 Å². The molecule has 1 aromatic carbocycles. The topological polar surface area (TPSA) is 52.5 Å². The Bertz CT molecular complexity index is 659. The number of methoxy groups -OCH3 is 1. The van der Waals surface area contributed by atoms with Crippen molar-refractivity contribution in [3.8, 4) is 17.0 Å². The van der Waals surface area contributed by atoms with Gasteiger partial charge in [-0.1, -0.05) is 0 Å². The number of hydrogen-bond donors (Lipinski definition) is 1. The molecule has 0 fully saturated rings. The molecule has 1 aromatic heterocycles. The van der Waals surface area contributed by atoms with Gasteiger partial charge in [-0.15, -0.1) is 0 Å². The lowest BCUT2D eigenvalue weighted by Crippen LogP contribution is -2.06. The molecule has 2 aromatic rings. The fourth-order valence-electron chi connectivity index (χ4n) is 2.62. The van der Waals surface area contributed by atoms with E-state index in [1.807, 2.05) is 37.3 Å². The molecular weight excluding hydrogens is 268 g/mol. The highest BCUT2D eigenvalue weighted by molar-refractivity contribution is 5.97. The average Bonchev–Trinajstić information content (AvgIpc) is 3.09. The minimum Gasteiger partial charge on any atom is -0.497 e. The Hall–Kier alpha value is -2.43. The zero-order valence-electron chi connectivity index (χ0n) is 12.2. The van der Waals surface area contributed by atoms with Crippen molar-refractivity contribution >= 4 is 11.8 Å². The molecule has 3 rings (SSSR count). The van der Waals surface area contributed by atoms with E-state index in [9.17, 15) is 4.79 Å². The zero-order valence-corrected chi connectivity index (χ0v) is 12.2. The van der Waals surface area contributed by atoms with Crippen molar-refractivity contribution in [2.75, 3.05) is 25.6 Å². The summed E-state index contributed by atoms with van der Waals surface area (Å²) in [5, 5.41) is 3.26. The maximum absolute atomic E-state index is 12.1. The summed E-state index contributed by atoms with van der Waals surface area (Å²) in [6.07, 6.45) is 0. The van der Waals surface area contributed by atoms with Gasteiger partial charge in [-0.2, -0.15) is 0 Å². The van der Waals surface area contributed by atoms with Gasteiger partial charge in [-0.25, -0.2) is 4.79 Å². The quantitative estimate of drug-likeness (QED) is 0.878. The summed E-state index contributed by atoms with van der Waals surface area (Å²) in [6, 6.07) is 9.72. The van der Waals surface area contributed by atoms with Crippen molar-refractivity contribution in [3.63, 3.8) is 0 Å². The first-order chi connectivity index (χ1) is 10.2. The van der Waals surface area contributed by atoms with Crippen LogP contribution in [-0.2, 0) is 11.3 Å². The molecule has 0 spiro atoms. The van der Waals surface area contributed by atoms with Gasteiger partial charge in [-0.3, -0.25) is 0 Å². The number of aromatic nitrogens is 1. The van der Waals surface area contributed by atoms with Gasteiger partial charge >= 0.3 is 5.97 Å². The number of esters is 1. The third-order valence-corrected chi connectivity index (χ3v) is 3.61. The van der Waals surface area contributed by atoms with Crippen LogP contribution in [0.2, 0.25) is 0 Å². The number of hydrogen-bond acceptors (Lipinski definition) is 4. The maximum atomic E-state index is 12.1. The van der Waals surface area contributed by atoms with Gasteiger partial charge in [0, 0.05) is 13.1 Å². The second-order valence-electron chi connectivity index (χ2n) is 4.82. The van der Waals surface area contributed by atoms with Crippen molar-refractivity contribution < 1.29 is 14.3 Å². The molecular formula is C16H18N2O3. The number of fused-ring (bicyclic) bond motifs is 1. The Labute approximate surface area is 123 Å². The van der Waals surface area contributed by atoms with E-state index in [1.54, 1.807) is 7.11 Å². The SMILES string of the molecule is CCOC(=O)c1cc(-c2ccc(OC)cc2)n2c1NCC2. The molecule has 0 radical (unpaired) electrons. The first-order valence-electron chi connectivity index (χ1n) is 7.03. The van der Waals surface area contributed by atoms with Gasteiger partial charge in [-0.05, 0) is 42.8 Å². The van der Waals surface area contributed by atoms with Crippen molar-refractivity contribution in [1.82, 2.24) is 4.57 Å². The fourth-order valence-corrected chi connectivity index (χ4v) is 2.62. The molecule has 0 saturated heterocycles. The predicted molar refractivity (Wildman–Crippen MR) is 80.9 cm³/mol. The third kappa shape index (κ3) is 2.35. The van der Waals surface area contributed by atoms with E-state index in [0.29, 0.717) is 12.2 Å². The van der Waals surface area contributed by atoms with E-state index in [1.165, 1.54) is 0 Å². The van der Waals surface area contributed by atoms with E-state index >= 15 is 0 Å². The van der Waals surface area contributed by atoms with Crippen LogP contribution in [0.1, 0.15) is 17.3 Å². The lowest BCUT2D eigenvalue weighted by atomic mass is 10.1. The Morgan fingerprint density at radius 1 is 1.33 bits per heavy atom. The monoisotopic (exact) mass is 286 g/mol. The van der Waals surface area contributed by atoms with Crippen molar-refractivity contribution in [2.24, 2.45) is 0 Å². The van der Waals surface area contributed by atoms with Gasteiger partial charge in [0.1, 0.15) is 17.1 Å². The van der Waals surface area contributed by atoms with Crippen LogP contribution >= 0.6 is 0 Å². The summed E-state index contributed by atoms with van der Waals surface area (Å²) >= 11 is 0. The minimum absolute atomic E-state index is 0.282. The van der Waals surface area contributed by atoms with Gasteiger partial charge in [0.25, 0.3) is 0 Å². The summed E-state index contributed by atoms with van der Waals surface area (Å²) in [6.45, 7) is 3.86. The molecule has 21 heavy (non-hydrogen) atoms. The highest BCUT2D eigenvalue weighted by Crippen LogP contribution is 2.33. The fraction of sp³-hybridized carbons (Fsp3) is 0.312. The van der Waals surface area contributed by atoms with Crippen LogP contribution in [0.15, 0.2) is 30.3 Å². The summed E-state index contributed by atoms with van der Waals surface area (Å²) in [7, 11) is 1.65. The van der Waals surface area contributed by atoms with Gasteiger partial charge < -0.3 is 19.4 Å². The lowest BCUT2D eigenvalue weighted by Gasteiger charge is -2.06. The van der Waals surface area contributed by atoms with Gasteiger partial charge in [0.05, 0.1) is 19.4 Å². The van der Waals surface area contributed by atoms with Crippen molar-refractivity contribution in [1.29, 1.82) is 0 Å². The number of rotatable bonds is 4. The highest BCUT2D eigenvalue weighted by Gasteiger charge is 2.24. The second-order valence-corrected chi connectivity index (χ2v) is 4.82. The molecule has 0 saturated carbocycles. The standard InChI is InChI=1S/C16H18N2O3/c1-3-21-16(19)13-10-14(18-9-8-17-15(13)18)11-4-6-12(20-2)7-5-11/h4-7,10,17H,3,8-9H2,1-2H3. The van der Waals surface area contributed by atoms with Crippen LogP contribution in [-0.4, -0.2) is 30.8 Å². The van der Waals surface area contributed by atoms with Crippen LogP contribution in [0.5, 0.6) is 5.75 Å². The molecule has 0 unspecified atom stereocenters. The maximum Gasteiger partial charge on any atom is 0.341 e. The molecule has 1 aliphatic rings. The van der Waals surface area contributed by atoms with Crippen LogP contribution in [0, 0.1) is 0 Å². The van der Waals surface area contributed by atoms with Gasteiger partial charge in [0.2, 0.25) is 0 Å². The van der Waals surface area contributed by atoms with E-state index in [0.717, 1.165) is 35.9 Å². The Balaban J connectivity index is 2.02. The number of carbonyl (C=O) groups is 1. The summed E-state index contributed by atoms with van der Waals surface area (Å²) in [5.41, 5.74) is 2.66. The number of benzene rings is 1. The van der Waals surface area contributed by atoms with E-state index in [4.69, 9.17) is 9.47 Å². The lowest BCUT2D eigenvalue weighted by molar-refractivity contribution is 0.0527. The predicted octanol–water partition coefficient (Wildman–Crippen LogP) is 2.77. The summed E-state index contributed by atoms with van der Waals surface area (Å²) in [4.78, 5) is 12.1. The summed E-state index contributed by atoms with van der Waals surface area (Å²) in [5.74, 6) is 1.38.